The molecule has 0 aliphatic rings. The summed E-state index contributed by atoms with van der Waals surface area (Å²) in [6.45, 7) is 6.35. The molecule has 88 valence electrons. The fourth-order valence-corrected chi connectivity index (χ4v) is 1.39. The van der Waals surface area contributed by atoms with E-state index in [2.05, 4.69) is 5.32 Å². The van der Waals surface area contributed by atoms with E-state index in [0.717, 1.165) is 5.69 Å². The molecule has 1 N–H and O–H groups in total. The largest absolute Gasteiger partial charge is 0.463 e. The highest BCUT2D eigenvalue weighted by molar-refractivity contribution is 5.70. The maximum absolute atomic E-state index is 11.3. The number of para-hydroxylation sites is 1. The standard InChI is InChI=1S/C13H19NO2/c1-10(2)16-13(15)8-9-14-12-7-5-4-6-11(12)3/h4-7,10,14H,8-9H2,1-3H3. The molecule has 1 aromatic carbocycles. The second kappa shape index (κ2) is 6.16. The fraction of sp³-hybridized carbons (Fsp3) is 0.462. The van der Waals surface area contributed by atoms with Gasteiger partial charge in [0.1, 0.15) is 0 Å². The van der Waals surface area contributed by atoms with Gasteiger partial charge >= 0.3 is 5.97 Å². The van der Waals surface area contributed by atoms with E-state index in [-0.39, 0.29) is 12.1 Å². The summed E-state index contributed by atoms with van der Waals surface area (Å²) in [5.41, 5.74) is 2.25. The average molecular weight is 221 g/mol. The first-order chi connectivity index (χ1) is 7.59. The van der Waals surface area contributed by atoms with E-state index in [4.69, 9.17) is 4.74 Å². The van der Waals surface area contributed by atoms with E-state index >= 15 is 0 Å². The van der Waals surface area contributed by atoms with Gasteiger partial charge in [0.15, 0.2) is 0 Å². The van der Waals surface area contributed by atoms with Crippen LogP contribution in [0, 0.1) is 6.92 Å². The average Bonchev–Trinajstić information content (AvgIpc) is 2.19. The van der Waals surface area contributed by atoms with Gasteiger partial charge in [0, 0.05) is 12.2 Å². The highest BCUT2D eigenvalue weighted by Gasteiger charge is 2.04. The van der Waals surface area contributed by atoms with E-state index in [1.807, 2.05) is 45.0 Å². The van der Waals surface area contributed by atoms with Crippen LogP contribution in [0.1, 0.15) is 25.8 Å². The zero-order valence-corrected chi connectivity index (χ0v) is 10.1. The van der Waals surface area contributed by atoms with Gasteiger partial charge in [0.05, 0.1) is 12.5 Å². The van der Waals surface area contributed by atoms with Crippen LogP contribution in [0.2, 0.25) is 0 Å². The summed E-state index contributed by atoms with van der Waals surface area (Å²) in [5.74, 6) is -0.156. The first kappa shape index (κ1) is 12.6. The van der Waals surface area contributed by atoms with Crippen molar-refractivity contribution in [3.63, 3.8) is 0 Å². The van der Waals surface area contributed by atoms with E-state index in [9.17, 15) is 4.79 Å². The summed E-state index contributed by atoms with van der Waals surface area (Å²) in [6.07, 6.45) is 0.359. The molecule has 0 bridgehead atoms. The molecule has 1 aromatic rings. The molecule has 1 rings (SSSR count). The minimum absolute atomic E-state index is 0.0361. The van der Waals surface area contributed by atoms with Gasteiger partial charge < -0.3 is 10.1 Å². The van der Waals surface area contributed by atoms with Crippen molar-refractivity contribution < 1.29 is 9.53 Å². The van der Waals surface area contributed by atoms with Crippen LogP contribution >= 0.6 is 0 Å². The number of aryl methyl sites for hydroxylation is 1. The molecule has 0 saturated carbocycles. The minimum Gasteiger partial charge on any atom is -0.463 e. The molecular weight excluding hydrogens is 202 g/mol. The van der Waals surface area contributed by atoms with Crippen LogP contribution in [0.25, 0.3) is 0 Å². The SMILES string of the molecule is Cc1ccccc1NCCC(=O)OC(C)C. The molecule has 0 fully saturated rings. The molecule has 0 heterocycles. The Balaban J connectivity index is 2.31. The van der Waals surface area contributed by atoms with Crippen molar-refractivity contribution in [3.8, 4) is 0 Å². The Morgan fingerprint density at radius 3 is 2.69 bits per heavy atom. The van der Waals surface area contributed by atoms with Crippen molar-refractivity contribution in [2.24, 2.45) is 0 Å². The summed E-state index contributed by atoms with van der Waals surface area (Å²) in [4.78, 5) is 11.3. The Hall–Kier alpha value is -1.51. The van der Waals surface area contributed by atoms with E-state index in [0.29, 0.717) is 13.0 Å². The molecule has 0 unspecified atom stereocenters. The van der Waals surface area contributed by atoms with E-state index < -0.39 is 0 Å². The second-order valence-electron chi connectivity index (χ2n) is 4.03. The molecule has 0 spiro atoms. The Kier molecular flexibility index (Phi) is 4.83. The lowest BCUT2D eigenvalue weighted by molar-refractivity contribution is -0.147. The topological polar surface area (TPSA) is 38.3 Å². The van der Waals surface area contributed by atoms with Crippen LogP contribution in [0.3, 0.4) is 0 Å². The molecule has 0 atom stereocenters. The van der Waals surface area contributed by atoms with Gasteiger partial charge in [-0.05, 0) is 32.4 Å². The molecule has 0 radical (unpaired) electrons. The van der Waals surface area contributed by atoms with Crippen molar-refractivity contribution in [2.45, 2.75) is 33.3 Å². The van der Waals surface area contributed by atoms with Gasteiger partial charge in [-0.1, -0.05) is 18.2 Å². The quantitative estimate of drug-likeness (QED) is 0.777. The number of esters is 1. The van der Waals surface area contributed by atoms with Crippen LogP contribution in [0.4, 0.5) is 5.69 Å². The van der Waals surface area contributed by atoms with Crippen LogP contribution in [-0.2, 0) is 9.53 Å². The summed E-state index contributed by atoms with van der Waals surface area (Å²) < 4.78 is 5.04. The van der Waals surface area contributed by atoms with Crippen molar-refractivity contribution in [1.82, 2.24) is 0 Å². The van der Waals surface area contributed by atoms with E-state index in [1.54, 1.807) is 0 Å². The molecular formula is C13H19NO2. The van der Waals surface area contributed by atoms with Crippen LogP contribution < -0.4 is 5.32 Å². The lowest BCUT2D eigenvalue weighted by atomic mass is 10.2. The van der Waals surface area contributed by atoms with Gasteiger partial charge in [-0.2, -0.15) is 0 Å². The van der Waals surface area contributed by atoms with Gasteiger partial charge in [-0.3, -0.25) is 4.79 Å². The summed E-state index contributed by atoms with van der Waals surface area (Å²) in [6, 6.07) is 8.01. The maximum Gasteiger partial charge on any atom is 0.307 e. The predicted octanol–water partition coefficient (Wildman–Crippen LogP) is 2.75. The Bertz CT molecular complexity index is 348. The fourth-order valence-electron chi connectivity index (χ4n) is 1.39. The zero-order chi connectivity index (χ0) is 12.0. The minimum atomic E-state index is -0.156. The van der Waals surface area contributed by atoms with Crippen molar-refractivity contribution in [1.29, 1.82) is 0 Å². The van der Waals surface area contributed by atoms with Crippen LogP contribution in [0.5, 0.6) is 0 Å². The van der Waals surface area contributed by atoms with Crippen LogP contribution in [0.15, 0.2) is 24.3 Å². The van der Waals surface area contributed by atoms with Gasteiger partial charge in [0.2, 0.25) is 0 Å². The summed E-state index contributed by atoms with van der Waals surface area (Å²) in [5, 5.41) is 3.22. The zero-order valence-electron chi connectivity index (χ0n) is 10.1. The number of benzene rings is 1. The number of nitrogens with one attached hydrogen (secondary N) is 1. The monoisotopic (exact) mass is 221 g/mol. The first-order valence-electron chi connectivity index (χ1n) is 5.58. The predicted molar refractivity (Wildman–Crippen MR) is 65.5 cm³/mol. The van der Waals surface area contributed by atoms with Crippen molar-refractivity contribution >= 4 is 11.7 Å². The van der Waals surface area contributed by atoms with Crippen molar-refractivity contribution in [2.75, 3.05) is 11.9 Å². The first-order valence-corrected chi connectivity index (χ1v) is 5.58. The third-order valence-electron chi connectivity index (χ3n) is 2.16. The number of hydrogen-bond acceptors (Lipinski definition) is 3. The Labute approximate surface area is 96.8 Å². The Morgan fingerprint density at radius 2 is 2.06 bits per heavy atom. The number of rotatable bonds is 5. The smallest absolute Gasteiger partial charge is 0.307 e. The lowest BCUT2D eigenvalue weighted by Gasteiger charge is -2.10. The Morgan fingerprint density at radius 1 is 1.38 bits per heavy atom. The number of ether oxygens (including phenoxy) is 1. The molecule has 0 aliphatic carbocycles. The van der Waals surface area contributed by atoms with Gasteiger partial charge in [0.25, 0.3) is 0 Å². The highest BCUT2D eigenvalue weighted by atomic mass is 16.5. The van der Waals surface area contributed by atoms with Crippen LogP contribution in [-0.4, -0.2) is 18.6 Å². The molecule has 3 heteroatoms. The number of anilines is 1. The summed E-state index contributed by atoms with van der Waals surface area (Å²) >= 11 is 0. The summed E-state index contributed by atoms with van der Waals surface area (Å²) in [7, 11) is 0. The highest BCUT2D eigenvalue weighted by Crippen LogP contribution is 2.12. The third-order valence-corrected chi connectivity index (χ3v) is 2.16. The number of hydrogen-bond donors (Lipinski definition) is 1. The molecule has 0 aromatic heterocycles. The maximum atomic E-state index is 11.3. The van der Waals surface area contributed by atoms with Gasteiger partial charge in [-0.25, -0.2) is 0 Å². The van der Waals surface area contributed by atoms with E-state index in [1.165, 1.54) is 5.56 Å². The van der Waals surface area contributed by atoms with Crippen molar-refractivity contribution in [3.05, 3.63) is 29.8 Å². The molecule has 16 heavy (non-hydrogen) atoms. The van der Waals surface area contributed by atoms with Gasteiger partial charge in [-0.15, -0.1) is 0 Å². The number of carbonyl (C=O) groups excluding carboxylic acids is 1. The molecule has 3 nitrogen and oxygen atoms in total. The second-order valence-corrected chi connectivity index (χ2v) is 4.03. The third kappa shape index (κ3) is 4.34. The molecule has 0 saturated heterocycles. The number of carbonyl (C=O) groups is 1. The molecule has 0 aliphatic heterocycles. The normalized spacial score (nSPS) is 10.2. The molecule has 0 amide bonds. The lowest BCUT2D eigenvalue weighted by Crippen LogP contribution is -2.15.